The van der Waals surface area contributed by atoms with Gasteiger partial charge in [0, 0.05) is 24.2 Å². The minimum Gasteiger partial charge on any atom is -0.469 e. The highest BCUT2D eigenvalue weighted by molar-refractivity contribution is 6.33. The van der Waals surface area contributed by atoms with Gasteiger partial charge in [0.2, 0.25) is 5.28 Å². The van der Waals surface area contributed by atoms with E-state index in [-0.39, 0.29) is 17.7 Å². The predicted molar refractivity (Wildman–Crippen MR) is 95.8 cm³/mol. The molecule has 0 saturated carbocycles. The molecule has 0 aliphatic carbocycles. The lowest BCUT2D eigenvalue weighted by atomic mass is 10.0. The van der Waals surface area contributed by atoms with E-state index < -0.39 is 0 Å². The highest BCUT2D eigenvalue weighted by atomic mass is 35.5. The Balaban J connectivity index is 2.20. The van der Waals surface area contributed by atoms with Gasteiger partial charge in [-0.3, -0.25) is 9.59 Å². The summed E-state index contributed by atoms with van der Waals surface area (Å²) in [5.74, 6) is -0.270. The summed E-state index contributed by atoms with van der Waals surface area (Å²) in [5, 5.41) is 0.433. The zero-order valence-corrected chi connectivity index (χ0v) is 15.3. The van der Waals surface area contributed by atoms with Crippen molar-refractivity contribution in [2.24, 2.45) is 0 Å². The fraction of sp³-hybridized carbons (Fsp3) is 0.294. The maximum absolute atomic E-state index is 11.5. The van der Waals surface area contributed by atoms with Gasteiger partial charge in [-0.15, -0.1) is 0 Å². The lowest BCUT2D eigenvalue weighted by Gasteiger charge is -2.17. The molecule has 0 N–H and O–H groups in total. The second-order valence-corrected chi connectivity index (χ2v) is 6.18. The Morgan fingerprint density at radius 3 is 2.80 bits per heavy atom. The van der Waals surface area contributed by atoms with Crippen LogP contribution >= 0.6 is 23.2 Å². The first-order valence-electron chi connectivity index (χ1n) is 7.46. The Bertz CT molecular complexity index is 784. The Hall–Kier alpha value is -2.02. The third kappa shape index (κ3) is 5.22. The van der Waals surface area contributed by atoms with E-state index in [1.807, 2.05) is 24.1 Å². The monoisotopic (exact) mass is 381 g/mol. The van der Waals surface area contributed by atoms with Crippen molar-refractivity contribution in [3.05, 3.63) is 45.8 Å². The van der Waals surface area contributed by atoms with Crippen molar-refractivity contribution in [1.29, 1.82) is 0 Å². The van der Waals surface area contributed by atoms with E-state index in [9.17, 15) is 9.59 Å². The van der Waals surface area contributed by atoms with Gasteiger partial charge in [-0.1, -0.05) is 23.7 Å². The van der Waals surface area contributed by atoms with E-state index in [4.69, 9.17) is 23.2 Å². The summed E-state index contributed by atoms with van der Waals surface area (Å²) in [6.45, 7) is 1.05. The molecule has 8 heteroatoms. The fourth-order valence-corrected chi connectivity index (χ4v) is 2.63. The van der Waals surface area contributed by atoms with Gasteiger partial charge in [0.05, 0.1) is 30.4 Å². The number of hydrogen-bond donors (Lipinski definition) is 0. The van der Waals surface area contributed by atoms with Gasteiger partial charge in [0.25, 0.3) is 0 Å². The molecule has 6 nitrogen and oxygen atoms in total. The molecule has 0 atom stereocenters. The molecule has 1 aromatic carbocycles. The van der Waals surface area contributed by atoms with Crippen LogP contribution in [0.15, 0.2) is 24.4 Å². The third-order valence-corrected chi connectivity index (χ3v) is 4.09. The van der Waals surface area contributed by atoms with Crippen LogP contribution in [0.4, 0.5) is 0 Å². The first-order chi connectivity index (χ1) is 11.9. The summed E-state index contributed by atoms with van der Waals surface area (Å²) < 4.78 is 4.62. The van der Waals surface area contributed by atoms with Gasteiger partial charge in [-0.25, -0.2) is 9.97 Å². The van der Waals surface area contributed by atoms with Crippen molar-refractivity contribution in [2.45, 2.75) is 13.0 Å². The average molecular weight is 382 g/mol. The highest BCUT2D eigenvalue weighted by Crippen LogP contribution is 2.28. The molecule has 0 unspecified atom stereocenters. The number of aromatic nitrogens is 2. The number of ether oxygens (including phenoxy) is 1. The molecule has 0 aliphatic rings. The molecule has 2 aromatic rings. The van der Waals surface area contributed by atoms with Crippen LogP contribution in [0.1, 0.15) is 22.3 Å². The number of carbonyl (C=O) groups excluding carboxylic acids is 2. The number of hydrogen-bond acceptors (Lipinski definition) is 6. The molecule has 2 rings (SSSR count). The second kappa shape index (κ2) is 8.89. The van der Waals surface area contributed by atoms with Crippen molar-refractivity contribution < 1.29 is 14.3 Å². The maximum atomic E-state index is 11.5. The van der Waals surface area contributed by atoms with E-state index in [0.717, 1.165) is 11.8 Å². The number of benzene rings is 1. The maximum Gasteiger partial charge on any atom is 0.306 e. The highest BCUT2D eigenvalue weighted by Gasteiger charge is 2.12. The normalized spacial score (nSPS) is 10.8. The number of aldehydes is 1. The summed E-state index contributed by atoms with van der Waals surface area (Å²) >= 11 is 11.9. The number of esters is 1. The molecule has 0 fully saturated rings. The van der Waals surface area contributed by atoms with Gasteiger partial charge >= 0.3 is 5.97 Å². The molecule has 1 aromatic heterocycles. The zero-order valence-electron chi connectivity index (χ0n) is 13.8. The zero-order chi connectivity index (χ0) is 18.4. The van der Waals surface area contributed by atoms with Crippen LogP contribution in [0.2, 0.25) is 10.3 Å². The first kappa shape index (κ1) is 19.3. The lowest BCUT2D eigenvalue weighted by Crippen LogP contribution is -2.22. The van der Waals surface area contributed by atoms with E-state index in [2.05, 4.69) is 14.7 Å². The summed E-state index contributed by atoms with van der Waals surface area (Å²) in [6, 6.07) is 5.36. The van der Waals surface area contributed by atoms with Gasteiger partial charge in [0.1, 0.15) is 6.29 Å². The summed E-state index contributed by atoms with van der Waals surface area (Å²) in [5.41, 5.74) is 2.50. The standard InChI is InChI=1S/C17H17Cl2N3O3/c1-22(6-5-15(24)25-2)9-12-4-3-11(7-13(12)10-23)16-14(18)8-20-17(19)21-16/h3-4,7-8,10H,5-6,9H2,1-2H3. The number of nitrogens with zero attached hydrogens (tertiary/aromatic N) is 3. The number of rotatable bonds is 7. The van der Waals surface area contributed by atoms with Gasteiger partial charge in [-0.05, 0) is 30.3 Å². The van der Waals surface area contributed by atoms with Gasteiger partial charge < -0.3 is 9.64 Å². The van der Waals surface area contributed by atoms with Crippen LogP contribution in [0.3, 0.4) is 0 Å². The summed E-state index contributed by atoms with van der Waals surface area (Å²) in [6.07, 6.45) is 2.49. The largest absolute Gasteiger partial charge is 0.469 e. The Labute approximate surface area is 155 Å². The van der Waals surface area contributed by atoms with Crippen LogP contribution in [-0.4, -0.2) is 47.8 Å². The van der Waals surface area contributed by atoms with Crippen LogP contribution in [-0.2, 0) is 16.1 Å². The van der Waals surface area contributed by atoms with Crippen molar-refractivity contribution in [3.63, 3.8) is 0 Å². The Kier molecular flexibility index (Phi) is 6.87. The van der Waals surface area contributed by atoms with E-state index in [1.165, 1.54) is 13.3 Å². The molecule has 0 spiro atoms. The smallest absolute Gasteiger partial charge is 0.306 e. The molecule has 0 aliphatic heterocycles. The van der Waals surface area contributed by atoms with Gasteiger partial charge in [0.15, 0.2) is 0 Å². The quantitative estimate of drug-likeness (QED) is 0.416. The second-order valence-electron chi connectivity index (χ2n) is 5.43. The fourth-order valence-electron chi connectivity index (χ4n) is 2.30. The topological polar surface area (TPSA) is 72.4 Å². The minimum absolute atomic E-state index is 0.0821. The first-order valence-corrected chi connectivity index (χ1v) is 8.22. The Morgan fingerprint density at radius 2 is 2.12 bits per heavy atom. The lowest BCUT2D eigenvalue weighted by molar-refractivity contribution is -0.140. The number of carbonyl (C=O) groups is 2. The predicted octanol–water partition coefficient (Wildman–Crippen LogP) is 3.26. The van der Waals surface area contributed by atoms with Crippen molar-refractivity contribution in [1.82, 2.24) is 14.9 Å². The molecule has 0 bridgehead atoms. The van der Waals surface area contributed by atoms with E-state index in [1.54, 1.807) is 6.07 Å². The molecule has 25 heavy (non-hydrogen) atoms. The van der Waals surface area contributed by atoms with Crippen LogP contribution in [0, 0.1) is 0 Å². The summed E-state index contributed by atoms with van der Waals surface area (Å²) in [4.78, 5) is 32.5. The van der Waals surface area contributed by atoms with Crippen molar-refractivity contribution in [3.8, 4) is 11.3 Å². The summed E-state index contributed by atoms with van der Waals surface area (Å²) in [7, 11) is 3.22. The molecule has 0 radical (unpaired) electrons. The van der Waals surface area contributed by atoms with Gasteiger partial charge in [-0.2, -0.15) is 0 Å². The molecule has 0 amide bonds. The van der Waals surface area contributed by atoms with Crippen LogP contribution < -0.4 is 0 Å². The van der Waals surface area contributed by atoms with E-state index >= 15 is 0 Å². The molecule has 132 valence electrons. The number of halogens is 2. The van der Waals surface area contributed by atoms with Crippen molar-refractivity contribution >= 4 is 35.5 Å². The van der Waals surface area contributed by atoms with E-state index in [0.29, 0.717) is 34.9 Å². The average Bonchev–Trinajstić information content (AvgIpc) is 2.62. The van der Waals surface area contributed by atoms with Crippen LogP contribution in [0.25, 0.3) is 11.3 Å². The van der Waals surface area contributed by atoms with Crippen molar-refractivity contribution in [2.75, 3.05) is 20.7 Å². The minimum atomic E-state index is -0.270. The Morgan fingerprint density at radius 1 is 1.36 bits per heavy atom. The molecule has 0 saturated heterocycles. The SMILES string of the molecule is COC(=O)CCN(C)Cc1ccc(-c2nc(Cl)ncc2Cl)cc1C=O. The third-order valence-electron chi connectivity index (χ3n) is 3.63. The molecule has 1 heterocycles. The molecular weight excluding hydrogens is 365 g/mol. The molecular formula is C17H17Cl2N3O3. The number of methoxy groups -OCH3 is 1. The van der Waals surface area contributed by atoms with Crippen LogP contribution in [0.5, 0.6) is 0 Å².